The number of benzene rings is 1. The third-order valence-corrected chi connectivity index (χ3v) is 2.47. The summed E-state index contributed by atoms with van der Waals surface area (Å²) in [5, 5.41) is 15.3. The summed E-state index contributed by atoms with van der Waals surface area (Å²) in [6.45, 7) is 0. The number of alkyl halides is 3. The molecule has 9 heteroatoms. The molecule has 1 unspecified atom stereocenters. The molecule has 6 nitrogen and oxygen atoms in total. The first kappa shape index (κ1) is 14.2. The Morgan fingerprint density at radius 3 is 2.25 bits per heavy atom. The average molecular weight is 285 g/mol. The summed E-state index contributed by atoms with van der Waals surface area (Å²) in [4.78, 5) is 3.78. The molecule has 20 heavy (non-hydrogen) atoms. The third-order valence-electron chi connectivity index (χ3n) is 2.47. The van der Waals surface area contributed by atoms with E-state index in [1.165, 1.54) is 24.3 Å². The second-order valence-corrected chi connectivity index (χ2v) is 3.93. The van der Waals surface area contributed by atoms with Crippen LogP contribution in [0.5, 0.6) is 0 Å². The normalized spacial score (nSPS) is 18.9. The van der Waals surface area contributed by atoms with E-state index in [9.17, 15) is 13.2 Å². The molecule has 0 saturated heterocycles. The molecule has 1 atom stereocenters. The lowest BCUT2D eigenvalue weighted by Crippen LogP contribution is -2.36. The predicted molar refractivity (Wildman–Crippen MR) is 67.8 cm³/mol. The molecule has 0 aromatic heterocycles. The van der Waals surface area contributed by atoms with E-state index in [0.717, 1.165) is 0 Å². The number of nitrogens with zero attached hydrogens (tertiary/aromatic N) is 3. The molecule has 0 bridgehead atoms. The molecular weight excluding hydrogens is 275 g/mol. The van der Waals surface area contributed by atoms with Gasteiger partial charge in [0, 0.05) is 0 Å². The molecular formula is C11H10F3N5O. The minimum Gasteiger partial charge on any atom is -0.380 e. The summed E-state index contributed by atoms with van der Waals surface area (Å²) in [6.07, 6.45) is -5.85. The summed E-state index contributed by atoms with van der Waals surface area (Å²) < 4.78 is 38.0. The van der Waals surface area contributed by atoms with Gasteiger partial charge in [0.05, 0.1) is 5.69 Å². The van der Waals surface area contributed by atoms with Crippen molar-refractivity contribution in [2.24, 2.45) is 26.7 Å². The topological polar surface area (TPSA) is 109 Å². The second kappa shape index (κ2) is 5.02. The van der Waals surface area contributed by atoms with E-state index in [1.807, 2.05) is 0 Å². The Hall–Kier alpha value is -2.26. The first-order valence-electron chi connectivity index (χ1n) is 5.40. The van der Waals surface area contributed by atoms with E-state index in [1.54, 1.807) is 0 Å². The first-order chi connectivity index (χ1) is 9.29. The molecule has 5 N–H and O–H groups in total. The molecule has 0 aliphatic carbocycles. The van der Waals surface area contributed by atoms with Crippen LogP contribution in [0.3, 0.4) is 0 Å². The van der Waals surface area contributed by atoms with Crippen molar-refractivity contribution in [3.63, 3.8) is 0 Å². The predicted octanol–water partition coefficient (Wildman–Crippen LogP) is 0.998. The quantitative estimate of drug-likeness (QED) is 0.705. The summed E-state index contributed by atoms with van der Waals surface area (Å²) in [5.74, 6) is -0.403. The van der Waals surface area contributed by atoms with E-state index in [-0.39, 0.29) is 5.69 Å². The molecule has 0 radical (unpaired) electrons. The van der Waals surface area contributed by atoms with Crippen molar-refractivity contribution in [3.05, 3.63) is 29.8 Å². The molecule has 1 aromatic carbocycles. The van der Waals surface area contributed by atoms with Gasteiger partial charge >= 0.3 is 6.18 Å². The van der Waals surface area contributed by atoms with Gasteiger partial charge in [-0.2, -0.15) is 13.2 Å². The molecule has 1 aromatic rings. The van der Waals surface area contributed by atoms with Crippen LogP contribution in [0.2, 0.25) is 0 Å². The van der Waals surface area contributed by atoms with Gasteiger partial charge in [0.1, 0.15) is 11.9 Å². The number of nitrogens with two attached hydrogens (primary N) is 2. The van der Waals surface area contributed by atoms with Crippen molar-refractivity contribution < 1.29 is 18.3 Å². The molecule has 0 fully saturated rings. The van der Waals surface area contributed by atoms with Crippen molar-refractivity contribution in [2.45, 2.75) is 12.4 Å². The number of aliphatic hydroxyl groups is 1. The minimum absolute atomic E-state index is 0.210. The van der Waals surface area contributed by atoms with Crippen molar-refractivity contribution in [2.75, 3.05) is 0 Å². The number of aliphatic imine (C=N–C) groups is 1. The fourth-order valence-electron chi connectivity index (χ4n) is 1.50. The summed E-state index contributed by atoms with van der Waals surface area (Å²) >= 11 is 0. The van der Waals surface area contributed by atoms with E-state index < -0.39 is 29.7 Å². The number of rotatable bonds is 2. The Morgan fingerprint density at radius 2 is 1.75 bits per heavy atom. The number of aliphatic hydroxyl groups excluding tert-OH is 1. The zero-order valence-electron chi connectivity index (χ0n) is 9.96. The van der Waals surface area contributed by atoms with Crippen molar-refractivity contribution >= 4 is 22.9 Å². The van der Waals surface area contributed by atoms with Gasteiger partial charge in [-0.05, 0) is 17.7 Å². The summed E-state index contributed by atoms with van der Waals surface area (Å²) in [7, 11) is 0. The van der Waals surface area contributed by atoms with Gasteiger partial charge in [0.2, 0.25) is 0 Å². The van der Waals surface area contributed by atoms with Crippen LogP contribution >= 0.6 is 0 Å². The minimum atomic E-state index is -4.68. The fourth-order valence-corrected chi connectivity index (χ4v) is 1.50. The molecule has 1 aliphatic heterocycles. The zero-order valence-corrected chi connectivity index (χ0v) is 9.96. The third kappa shape index (κ3) is 2.83. The van der Waals surface area contributed by atoms with Gasteiger partial charge in [-0.25, -0.2) is 4.99 Å². The van der Waals surface area contributed by atoms with Crippen molar-refractivity contribution in [3.8, 4) is 0 Å². The van der Waals surface area contributed by atoms with Crippen LogP contribution in [-0.4, -0.2) is 28.5 Å². The highest BCUT2D eigenvalue weighted by molar-refractivity contribution is 6.70. The van der Waals surface area contributed by atoms with E-state index >= 15 is 0 Å². The Bertz CT molecular complexity index is 601. The monoisotopic (exact) mass is 285 g/mol. The first-order valence-corrected chi connectivity index (χ1v) is 5.40. The van der Waals surface area contributed by atoms with Crippen LogP contribution in [0.1, 0.15) is 11.8 Å². The van der Waals surface area contributed by atoms with Crippen LogP contribution in [0, 0.1) is 0 Å². The second-order valence-electron chi connectivity index (χ2n) is 3.93. The maximum absolute atomic E-state index is 12.7. The van der Waals surface area contributed by atoms with Crippen LogP contribution in [0.4, 0.5) is 18.9 Å². The zero-order chi connectivity index (χ0) is 14.9. The SMILES string of the molecule is NC1=NN=C(C(F)(F)F)C1=Nc1ccc(C(N)O)cc1. The maximum atomic E-state index is 12.7. The van der Waals surface area contributed by atoms with E-state index in [0.29, 0.717) is 5.56 Å². The van der Waals surface area contributed by atoms with Crippen LogP contribution in [-0.2, 0) is 0 Å². The number of hydrogen-bond donors (Lipinski definition) is 3. The Labute approximate surface area is 111 Å². The Kier molecular flexibility index (Phi) is 3.55. The van der Waals surface area contributed by atoms with E-state index in [4.69, 9.17) is 16.6 Å². The van der Waals surface area contributed by atoms with Gasteiger partial charge in [-0.15, -0.1) is 10.2 Å². The highest BCUT2D eigenvalue weighted by atomic mass is 19.4. The fraction of sp³-hybridized carbons (Fsp3) is 0.182. The lowest BCUT2D eigenvalue weighted by atomic mass is 10.1. The number of hydrogen-bond acceptors (Lipinski definition) is 6. The molecule has 106 valence electrons. The van der Waals surface area contributed by atoms with Gasteiger partial charge in [0.15, 0.2) is 11.5 Å². The molecule has 0 amide bonds. The Morgan fingerprint density at radius 1 is 1.15 bits per heavy atom. The summed E-state index contributed by atoms with van der Waals surface area (Å²) in [6, 6.07) is 5.68. The molecule has 0 spiro atoms. The highest BCUT2D eigenvalue weighted by Gasteiger charge is 2.43. The number of halogens is 3. The molecule has 2 rings (SSSR count). The van der Waals surface area contributed by atoms with Crippen LogP contribution in [0.25, 0.3) is 0 Å². The van der Waals surface area contributed by atoms with Crippen LogP contribution < -0.4 is 11.5 Å². The highest BCUT2D eigenvalue weighted by Crippen LogP contribution is 2.23. The smallest absolute Gasteiger partial charge is 0.380 e. The molecule has 1 aliphatic rings. The van der Waals surface area contributed by atoms with Gasteiger partial charge in [-0.1, -0.05) is 12.1 Å². The molecule has 0 saturated carbocycles. The van der Waals surface area contributed by atoms with Gasteiger partial charge < -0.3 is 16.6 Å². The standard InChI is InChI=1S/C11H10F3N5O/c12-11(13,14)8-7(9(15)19-18-8)17-6-3-1-5(2-4-6)10(16)20/h1-4,10,20H,16H2,(H2,15,17,19). The summed E-state index contributed by atoms with van der Waals surface area (Å²) in [5.41, 5.74) is 9.43. The Balaban J connectivity index is 2.34. The van der Waals surface area contributed by atoms with Gasteiger partial charge in [-0.3, -0.25) is 0 Å². The lowest BCUT2D eigenvalue weighted by molar-refractivity contribution is -0.0565. The van der Waals surface area contributed by atoms with Crippen LogP contribution in [0.15, 0.2) is 39.5 Å². The lowest BCUT2D eigenvalue weighted by Gasteiger charge is -2.07. The van der Waals surface area contributed by atoms with E-state index in [2.05, 4.69) is 15.2 Å². The maximum Gasteiger partial charge on any atom is 0.437 e. The number of amidine groups is 1. The van der Waals surface area contributed by atoms with Crippen molar-refractivity contribution in [1.29, 1.82) is 0 Å². The van der Waals surface area contributed by atoms with Gasteiger partial charge in [0.25, 0.3) is 0 Å². The molecule has 1 heterocycles. The average Bonchev–Trinajstić information content (AvgIpc) is 2.71. The van der Waals surface area contributed by atoms with Crippen molar-refractivity contribution in [1.82, 2.24) is 0 Å². The largest absolute Gasteiger partial charge is 0.437 e.